The molecule has 4 saturated carbocycles. The van der Waals surface area contributed by atoms with E-state index in [1.807, 2.05) is 0 Å². The van der Waals surface area contributed by atoms with Crippen molar-refractivity contribution in [2.24, 2.45) is 34.5 Å². The summed E-state index contributed by atoms with van der Waals surface area (Å²) in [5.74, 6) is 2.90. The SMILES string of the molecule is C[C@@]12CCC[C@H]1[C@@H]1CC[C@H]3CC(O)CC[C@]3(C)[C@H]1C(=O)C2. The third kappa shape index (κ3) is 1.90. The van der Waals surface area contributed by atoms with Gasteiger partial charge in [0.1, 0.15) is 5.78 Å². The van der Waals surface area contributed by atoms with Crippen LogP contribution in [0.15, 0.2) is 0 Å². The molecule has 0 aromatic heterocycles. The molecule has 4 rings (SSSR count). The van der Waals surface area contributed by atoms with E-state index in [0.29, 0.717) is 29.0 Å². The topological polar surface area (TPSA) is 37.3 Å². The van der Waals surface area contributed by atoms with Crippen molar-refractivity contribution in [3.63, 3.8) is 0 Å². The zero-order valence-corrected chi connectivity index (χ0v) is 13.6. The van der Waals surface area contributed by atoms with Gasteiger partial charge in [-0.3, -0.25) is 4.79 Å². The van der Waals surface area contributed by atoms with Crippen LogP contribution in [0.4, 0.5) is 0 Å². The number of Topliss-reactive ketones (excluding diaryl/α,β-unsaturated/α-hetero) is 1. The molecule has 118 valence electrons. The highest BCUT2D eigenvalue weighted by Crippen LogP contribution is 2.65. The minimum Gasteiger partial charge on any atom is -0.393 e. The van der Waals surface area contributed by atoms with E-state index in [9.17, 15) is 9.90 Å². The van der Waals surface area contributed by atoms with Crippen LogP contribution in [0.2, 0.25) is 0 Å². The summed E-state index contributed by atoms with van der Waals surface area (Å²) >= 11 is 0. The number of carbonyl (C=O) groups is 1. The van der Waals surface area contributed by atoms with Crippen LogP contribution in [0, 0.1) is 34.5 Å². The Bertz CT molecular complexity index is 458. The Kier molecular flexibility index (Phi) is 3.10. The van der Waals surface area contributed by atoms with E-state index in [-0.39, 0.29) is 11.5 Å². The largest absolute Gasteiger partial charge is 0.393 e. The molecule has 0 aromatic carbocycles. The molecule has 0 aliphatic heterocycles. The molecule has 1 N–H and O–H groups in total. The van der Waals surface area contributed by atoms with E-state index < -0.39 is 0 Å². The van der Waals surface area contributed by atoms with Gasteiger partial charge < -0.3 is 5.11 Å². The lowest BCUT2D eigenvalue weighted by molar-refractivity contribution is -0.159. The number of fused-ring (bicyclic) bond motifs is 5. The Labute approximate surface area is 128 Å². The average Bonchev–Trinajstić information content (AvgIpc) is 2.80. The predicted molar refractivity (Wildman–Crippen MR) is 82.7 cm³/mol. The molecule has 0 spiro atoms. The van der Waals surface area contributed by atoms with E-state index in [1.165, 1.54) is 32.1 Å². The van der Waals surface area contributed by atoms with Gasteiger partial charge in [0.05, 0.1) is 6.10 Å². The molecule has 0 radical (unpaired) electrons. The molecule has 1 unspecified atom stereocenters. The second kappa shape index (κ2) is 4.57. The highest BCUT2D eigenvalue weighted by Gasteiger charge is 2.60. The number of ketones is 1. The number of aliphatic hydroxyl groups is 1. The fourth-order valence-electron chi connectivity index (χ4n) is 7.06. The predicted octanol–water partition coefficient (Wildman–Crippen LogP) is 3.96. The first-order valence-corrected chi connectivity index (χ1v) is 9.15. The van der Waals surface area contributed by atoms with Crippen LogP contribution in [0.25, 0.3) is 0 Å². The molecule has 4 fully saturated rings. The van der Waals surface area contributed by atoms with Crippen LogP contribution < -0.4 is 0 Å². The second-order valence-corrected chi connectivity index (χ2v) is 9.15. The first-order valence-electron chi connectivity index (χ1n) is 9.15. The van der Waals surface area contributed by atoms with Gasteiger partial charge in [-0.1, -0.05) is 20.3 Å². The summed E-state index contributed by atoms with van der Waals surface area (Å²) in [5, 5.41) is 10.0. The first-order chi connectivity index (χ1) is 9.94. The van der Waals surface area contributed by atoms with E-state index in [4.69, 9.17) is 0 Å². The summed E-state index contributed by atoms with van der Waals surface area (Å²) < 4.78 is 0. The zero-order chi connectivity index (χ0) is 14.8. The minimum absolute atomic E-state index is 0.116. The quantitative estimate of drug-likeness (QED) is 0.733. The maximum atomic E-state index is 13.1. The number of rotatable bonds is 0. The van der Waals surface area contributed by atoms with Gasteiger partial charge in [-0.2, -0.15) is 0 Å². The Morgan fingerprint density at radius 3 is 2.71 bits per heavy atom. The molecule has 2 heteroatoms. The van der Waals surface area contributed by atoms with Crippen LogP contribution in [0.3, 0.4) is 0 Å². The third-order valence-electron chi connectivity index (χ3n) is 8.09. The molecular formula is C19H30O2. The van der Waals surface area contributed by atoms with Crippen molar-refractivity contribution in [1.82, 2.24) is 0 Å². The molecule has 0 saturated heterocycles. The minimum atomic E-state index is -0.116. The van der Waals surface area contributed by atoms with Gasteiger partial charge in [0.25, 0.3) is 0 Å². The smallest absolute Gasteiger partial charge is 0.137 e. The summed E-state index contributed by atoms with van der Waals surface area (Å²) in [4.78, 5) is 13.1. The molecule has 0 amide bonds. The Balaban J connectivity index is 1.69. The summed E-state index contributed by atoms with van der Waals surface area (Å²) in [6.45, 7) is 4.77. The standard InChI is InChI=1S/C19H30O2/c1-18-8-3-4-15(18)14-6-5-12-10-13(20)7-9-19(12,2)17(14)16(21)11-18/h12-15,17,20H,3-11H2,1-2H3/t12-,13?,14-,15-,17+,18-,19-/m0/s1. The molecule has 0 bridgehead atoms. The lowest BCUT2D eigenvalue weighted by Crippen LogP contribution is -2.56. The lowest BCUT2D eigenvalue weighted by Gasteiger charge is -2.59. The van der Waals surface area contributed by atoms with E-state index >= 15 is 0 Å². The van der Waals surface area contributed by atoms with Crippen LogP contribution in [-0.4, -0.2) is 17.0 Å². The van der Waals surface area contributed by atoms with Gasteiger partial charge in [-0.05, 0) is 73.5 Å². The molecular weight excluding hydrogens is 260 g/mol. The Morgan fingerprint density at radius 1 is 1.10 bits per heavy atom. The second-order valence-electron chi connectivity index (χ2n) is 9.15. The van der Waals surface area contributed by atoms with Crippen LogP contribution in [-0.2, 0) is 4.79 Å². The van der Waals surface area contributed by atoms with Crippen molar-refractivity contribution in [2.75, 3.05) is 0 Å². The molecule has 2 nitrogen and oxygen atoms in total. The van der Waals surface area contributed by atoms with Crippen molar-refractivity contribution < 1.29 is 9.90 Å². The molecule has 7 atom stereocenters. The summed E-state index contributed by atoms with van der Waals surface area (Å²) in [5.41, 5.74) is 0.499. The van der Waals surface area contributed by atoms with Crippen molar-refractivity contribution in [3.8, 4) is 0 Å². The lowest BCUT2D eigenvalue weighted by atomic mass is 9.45. The van der Waals surface area contributed by atoms with Crippen LogP contribution in [0.1, 0.15) is 71.6 Å². The molecule has 4 aliphatic rings. The highest BCUT2D eigenvalue weighted by atomic mass is 16.3. The van der Waals surface area contributed by atoms with Gasteiger partial charge in [0.2, 0.25) is 0 Å². The fourth-order valence-corrected chi connectivity index (χ4v) is 7.06. The van der Waals surface area contributed by atoms with Gasteiger partial charge in [-0.15, -0.1) is 0 Å². The molecule has 0 aromatic rings. The molecule has 0 heterocycles. The van der Waals surface area contributed by atoms with Crippen LogP contribution >= 0.6 is 0 Å². The number of hydrogen-bond acceptors (Lipinski definition) is 2. The third-order valence-corrected chi connectivity index (χ3v) is 8.09. The van der Waals surface area contributed by atoms with Crippen molar-refractivity contribution in [2.45, 2.75) is 77.7 Å². The average molecular weight is 290 g/mol. The first kappa shape index (κ1) is 14.2. The van der Waals surface area contributed by atoms with Crippen molar-refractivity contribution in [3.05, 3.63) is 0 Å². The van der Waals surface area contributed by atoms with Crippen LogP contribution in [0.5, 0.6) is 0 Å². The highest BCUT2D eigenvalue weighted by molar-refractivity contribution is 5.84. The van der Waals surface area contributed by atoms with E-state index in [0.717, 1.165) is 31.6 Å². The molecule has 21 heavy (non-hydrogen) atoms. The van der Waals surface area contributed by atoms with Gasteiger partial charge >= 0.3 is 0 Å². The number of aliphatic hydroxyl groups excluding tert-OH is 1. The Hall–Kier alpha value is -0.370. The van der Waals surface area contributed by atoms with Crippen molar-refractivity contribution in [1.29, 1.82) is 0 Å². The monoisotopic (exact) mass is 290 g/mol. The van der Waals surface area contributed by atoms with E-state index in [2.05, 4.69) is 13.8 Å². The maximum Gasteiger partial charge on any atom is 0.137 e. The van der Waals surface area contributed by atoms with Gasteiger partial charge in [0, 0.05) is 12.3 Å². The number of hydrogen-bond donors (Lipinski definition) is 1. The van der Waals surface area contributed by atoms with Gasteiger partial charge in [-0.25, -0.2) is 0 Å². The number of carbonyl (C=O) groups excluding carboxylic acids is 1. The summed E-state index contributed by atoms with van der Waals surface area (Å²) in [6, 6.07) is 0. The fraction of sp³-hybridized carbons (Fsp3) is 0.947. The Morgan fingerprint density at radius 2 is 1.90 bits per heavy atom. The van der Waals surface area contributed by atoms with E-state index in [1.54, 1.807) is 0 Å². The summed E-state index contributed by atoms with van der Waals surface area (Å²) in [6.07, 6.45) is 10.1. The maximum absolute atomic E-state index is 13.1. The van der Waals surface area contributed by atoms with Gasteiger partial charge in [0.15, 0.2) is 0 Å². The zero-order valence-electron chi connectivity index (χ0n) is 13.6. The van der Waals surface area contributed by atoms with Crippen molar-refractivity contribution >= 4 is 5.78 Å². The molecule has 4 aliphatic carbocycles. The normalized spacial score (nSPS) is 56.5. The summed E-state index contributed by atoms with van der Waals surface area (Å²) in [7, 11) is 0.